The lowest BCUT2D eigenvalue weighted by Gasteiger charge is -2.18. The quantitative estimate of drug-likeness (QED) is 0.703. The van der Waals surface area contributed by atoms with Crippen LogP contribution in [0.1, 0.15) is 27.2 Å². The van der Waals surface area contributed by atoms with Crippen LogP contribution in [-0.4, -0.2) is 47.6 Å². The Morgan fingerprint density at radius 3 is 2.17 bits per heavy atom. The predicted octanol–water partition coefficient (Wildman–Crippen LogP) is 2.05. The van der Waals surface area contributed by atoms with Crippen molar-refractivity contribution in [1.29, 1.82) is 0 Å². The van der Waals surface area contributed by atoms with E-state index in [0.717, 1.165) is 50.8 Å². The maximum atomic E-state index is 4.22. The molecule has 102 valence electrons. The van der Waals surface area contributed by atoms with Crippen molar-refractivity contribution in [1.82, 2.24) is 14.9 Å². The van der Waals surface area contributed by atoms with E-state index < -0.39 is 0 Å². The fourth-order valence-corrected chi connectivity index (χ4v) is 1.69. The van der Waals surface area contributed by atoms with Crippen LogP contribution in [0.25, 0.3) is 0 Å². The van der Waals surface area contributed by atoms with Gasteiger partial charge in [-0.15, -0.1) is 0 Å². The van der Waals surface area contributed by atoms with E-state index in [1.54, 1.807) is 6.33 Å². The van der Waals surface area contributed by atoms with Gasteiger partial charge >= 0.3 is 0 Å². The molecule has 5 heteroatoms. The van der Waals surface area contributed by atoms with Crippen LogP contribution in [0.4, 0.5) is 11.6 Å². The summed E-state index contributed by atoms with van der Waals surface area (Å²) < 4.78 is 0. The number of nitrogens with zero attached hydrogens (tertiary/aromatic N) is 3. The van der Waals surface area contributed by atoms with Gasteiger partial charge in [0.1, 0.15) is 18.0 Å². The molecule has 1 rings (SSSR count). The summed E-state index contributed by atoms with van der Waals surface area (Å²) >= 11 is 0. The smallest absolute Gasteiger partial charge is 0.131 e. The van der Waals surface area contributed by atoms with E-state index in [1.807, 2.05) is 6.07 Å². The molecule has 0 fully saturated rings. The van der Waals surface area contributed by atoms with Gasteiger partial charge < -0.3 is 15.5 Å². The first-order chi connectivity index (χ1) is 8.80. The first-order valence-corrected chi connectivity index (χ1v) is 6.82. The van der Waals surface area contributed by atoms with Gasteiger partial charge in [0.05, 0.1) is 0 Å². The van der Waals surface area contributed by atoms with Crippen molar-refractivity contribution < 1.29 is 0 Å². The average molecular weight is 251 g/mol. The highest BCUT2D eigenvalue weighted by molar-refractivity contribution is 5.46. The molecular formula is C13H25N5. The predicted molar refractivity (Wildman–Crippen MR) is 77.1 cm³/mol. The zero-order valence-electron chi connectivity index (χ0n) is 11.7. The Labute approximate surface area is 110 Å². The van der Waals surface area contributed by atoms with Gasteiger partial charge in [0.2, 0.25) is 0 Å². The van der Waals surface area contributed by atoms with Gasteiger partial charge in [0.25, 0.3) is 0 Å². The Hall–Kier alpha value is -1.36. The van der Waals surface area contributed by atoms with Gasteiger partial charge in [0, 0.05) is 25.7 Å². The van der Waals surface area contributed by atoms with E-state index in [1.165, 1.54) is 0 Å². The summed E-state index contributed by atoms with van der Waals surface area (Å²) in [4.78, 5) is 10.8. The molecule has 0 saturated heterocycles. The van der Waals surface area contributed by atoms with Crippen LogP contribution in [0, 0.1) is 0 Å². The van der Waals surface area contributed by atoms with Gasteiger partial charge in [-0.2, -0.15) is 0 Å². The van der Waals surface area contributed by atoms with Gasteiger partial charge in [0.15, 0.2) is 0 Å². The lowest BCUT2D eigenvalue weighted by atomic mass is 10.4. The summed E-state index contributed by atoms with van der Waals surface area (Å²) in [6.45, 7) is 11.6. The van der Waals surface area contributed by atoms with Crippen molar-refractivity contribution in [3.63, 3.8) is 0 Å². The van der Waals surface area contributed by atoms with Crippen molar-refractivity contribution in [2.24, 2.45) is 0 Å². The fourth-order valence-electron chi connectivity index (χ4n) is 1.69. The van der Waals surface area contributed by atoms with Crippen LogP contribution in [0.15, 0.2) is 12.4 Å². The topological polar surface area (TPSA) is 53.1 Å². The molecule has 18 heavy (non-hydrogen) atoms. The highest BCUT2D eigenvalue weighted by atomic mass is 15.1. The summed E-state index contributed by atoms with van der Waals surface area (Å²) in [5, 5.41) is 6.58. The number of nitrogens with one attached hydrogen (secondary N) is 2. The third-order valence-electron chi connectivity index (χ3n) is 2.85. The fraction of sp³-hybridized carbons (Fsp3) is 0.692. The zero-order chi connectivity index (χ0) is 13.2. The van der Waals surface area contributed by atoms with E-state index in [9.17, 15) is 0 Å². The lowest BCUT2D eigenvalue weighted by molar-refractivity contribution is 0.316. The Balaban J connectivity index is 2.37. The van der Waals surface area contributed by atoms with E-state index in [0.29, 0.717) is 0 Å². The van der Waals surface area contributed by atoms with Crippen LogP contribution < -0.4 is 10.6 Å². The summed E-state index contributed by atoms with van der Waals surface area (Å²) in [6.07, 6.45) is 2.69. The molecule has 0 aromatic carbocycles. The molecule has 1 heterocycles. The van der Waals surface area contributed by atoms with Crippen molar-refractivity contribution in [2.75, 3.05) is 43.4 Å². The first kappa shape index (κ1) is 14.7. The van der Waals surface area contributed by atoms with E-state index in [-0.39, 0.29) is 0 Å². The maximum absolute atomic E-state index is 4.22. The van der Waals surface area contributed by atoms with E-state index >= 15 is 0 Å². The summed E-state index contributed by atoms with van der Waals surface area (Å²) in [6, 6.07) is 1.96. The molecule has 0 atom stereocenters. The molecule has 5 nitrogen and oxygen atoms in total. The number of hydrogen-bond donors (Lipinski definition) is 2. The molecule has 1 aromatic heterocycles. The van der Waals surface area contributed by atoms with Crippen LogP contribution in [0.3, 0.4) is 0 Å². The maximum Gasteiger partial charge on any atom is 0.131 e. The molecular weight excluding hydrogens is 226 g/mol. The van der Waals surface area contributed by atoms with Crippen molar-refractivity contribution in [2.45, 2.75) is 27.2 Å². The Kier molecular flexibility index (Phi) is 7.10. The minimum Gasteiger partial charge on any atom is -0.370 e. The molecule has 0 unspecified atom stereocenters. The molecule has 0 saturated carbocycles. The first-order valence-electron chi connectivity index (χ1n) is 6.82. The number of aromatic nitrogens is 2. The Morgan fingerprint density at radius 2 is 1.61 bits per heavy atom. The van der Waals surface area contributed by atoms with Crippen LogP contribution in [-0.2, 0) is 0 Å². The molecule has 0 aliphatic heterocycles. The normalized spacial score (nSPS) is 10.7. The second-order valence-electron chi connectivity index (χ2n) is 4.17. The largest absolute Gasteiger partial charge is 0.370 e. The third kappa shape index (κ3) is 5.31. The van der Waals surface area contributed by atoms with Crippen molar-refractivity contribution in [3.05, 3.63) is 12.4 Å². The van der Waals surface area contributed by atoms with Gasteiger partial charge in [-0.25, -0.2) is 9.97 Å². The highest BCUT2D eigenvalue weighted by Crippen LogP contribution is 2.08. The minimum absolute atomic E-state index is 0.885. The van der Waals surface area contributed by atoms with Gasteiger partial charge in [-0.1, -0.05) is 20.8 Å². The minimum atomic E-state index is 0.885. The summed E-state index contributed by atoms with van der Waals surface area (Å²) in [5.41, 5.74) is 0. The molecule has 2 N–H and O–H groups in total. The summed E-state index contributed by atoms with van der Waals surface area (Å²) in [7, 11) is 0. The van der Waals surface area contributed by atoms with Crippen LogP contribution in [0.2, 0.25) is 0 Å². The summed E-state index contributed by atoms with van der Waals surface area (Å²) in [5.74, 6) is 1.77. The number of hydrogen-bond acceptors (Lipinski definition) is 5. The van der Waals surface area contributed by atoms with E-state index in [2.05, 4.69) is 46.3 Å². The number of anilines is 2. The molecule has 1 aromatic rings. The Morgan fingerprint density at radius 1 is 1.00 bits per heavy atom. The molecule has 0 aliphatic rings. The number of likely N-dealkylation sites (N-methyl/N-ethyl adjacent to an activating group) is 1. The van der Waals surface area contributed by atoms with Crippen molar-refractivity contribution >= 4 is 11.6 Å². The second-order valence-corrected chi connectivity index (χ2v) is 4.17. The molecule has 0 aliphatic carbocycles. The van der Waals surface area contributed by atoms with Gasteiger partial charge in [-0.3, -0.25) is 0 Å². The molecule has 0 radical (unpaired) electrons. The zero-order valence-corrected chi connectivity index (χ0v) is 11.7. The highest BCUT2D eigenvalue weighted by Gasteiger charge is 2.00. The molecule has 0 bridgehead atoms. The average Bonchev–Trinajstić information content (AvgIpc) is 2.42. The monoisotopic (exact) mass is 251 g/mol. The SMILES string of the molecule is CCCNc1cc(NCCN(CC)CC)ncn1. The standard InChI is InChI=1S/C13H25N5/c1-4-7-14-12-10-13(17-11-16-12)15-8-9-18(5-2)6-3/h10-11H,4-9H2,1-3H3,(H2,14,15,16,17). The molecule has 0 amide bonds. The van der Waals surface area contributed by atoms with Crippen LogP contribution in [0.5, 0.6) is 0 Å². The van der Waals surface area contributed by atoms with Crippen LogP contribution >= 0.6 is 0 Å². The number of rotatable bonds is 9. The second kappa shape index (κ2) is 8.69. The Bertz CT molecular complexity index is 325. The van der Waals surface area contributed by atoms with Crippen molar-refractivity contribution in [3.8, 4) is 0 Å². The molecule has 0 spiro atoms. The van der Waals surface area contributed by atoms with E-state index in [4.69, 9.17) is 0 Å². The lowest BCUT2D eigenvalue weighted by Crippen LogP contribution is -2.28. The third-order valence-corrected chi connectivity index (χ3v) is 2.85. The van der Waals surface area contributed by atoms with Gasteiger partial charge in [-0.05, 0) is 19.5 Å².